The molecule has 0 saturated carbocycles. The van der Waals surface area contributed by atoms with E-state index < -0.39 is 0 Å². The van der Waals surface area contributed by atoms with Crippen LogP contribution in [0.15, 0.2) is 78.4 Å². The van der Waals surface area contributed by atoms with Crippen molar-refractivity contribution in [2.75, 3.05) is 19.8 Å². The number of fused-ring (bicyclic) bond motifs is 1. The maximum absolute atomic E-state index is 13.2. The first-order valence-corrected chi connectivity index (χ1v) is 13.2. The van der Waals surface area contributed by atoms with Gasteiger partial charge in [-0.1, -0.05) is 42.0 Å². The van der Waals surface area contributed by atoms with Crippen LogP contribution in [-0.4, -0.2) is 35.5 Å². The van der Waals surface area contributed by atoms with Crippen molar-refractivity contribution in [1.82, 2.24) is 9.88 Å². The van der Waals surface area contributed by atoms with Crippen LogP contribution < -0.4 is 9.47 Å². The molecule has 2 aromatic carbocycles. The second-order valence-corrected chi connectivity index (χ2v) is 10.1. The fourth-order valence-electron chi connectivity index (χ4n) is 4.38. The zero-order chi connectivity index (χ0) is 24.7. The molecule has 184 valence electrons. The third-order valence-corrected chi connectivity index (χ3v) is 7.32. The average molecular weight is 499 g/mol. The summed E-state index contributed by atoms with van der Waals surface area (Å²) in [6.07, 6.45) is 5.66. The molecule has 6 heteroatoms. The third-order valence-electron chi connectivity index (χ3n) is 6.38. The number of carbonyl (C=O) groups is 1. The number of nitrogens with zero attached hydrogens (tertiary/aromatic N) is 2. The minimum absolute atomic E-state index is 0.138. The fraction of sp³-hybridized carbons (Fsp3) is 0.267. The summed E-state index contributed by atoms with van der Waals surface area (Å²) in [6.45, 7) is 4.13. The van der Waals surface area contributed by atoms with Gasteiger partial charge in [0.05, 0.1) is 13.2 Å². The van der Waals surface area contributed by atoms with E-state index in [1.54, 1.807) is 17.5 Å². The Morgan fingerprint density at radius 3 is 2.75 bits per heavy atom. The number of aryl methyl sites for hydroxylation is 2. The molecule has 5 rings (SSSR count). The normalized spacial score (nSPS) is 13.0. The van der Waals surface area contributed by atoms with Gasteiger partial charge in [0.15, 0.2) is 11.5 Å². The van der Waals surface area contributed by atoms with Crippen molar-refractivity contribution in [1.29, 1.82) is 0 Å². The summed E-state index contributed by atoms with van der Waals surface area (Å²) >= 11 is 1.73. The molecule has 1 aliphatic heterocycles. The number of ether oxygens (including phenoxy) is 2. The van der Waals surface area contributed by atoms with E-state index in [-0.39, 0.29) is 5.91 Å². The topological polar surface area (TPSA) is 51.7 Å². The number of carbonyl (C=O) groups excluding carboxylic acids is 1. The van der Waals surface area contributed by atoms with Gasteiger partial charge in [-0.3, -0.25) is 9.78 Å². The van der Waals surface area contributed by atoms with E-state index in [2.05, 4.69) is 59.8 Å². The van der Waals surface area contributed by atoms with Gasteiger partial charge in [-0.05, 0) is 54.1 Å². The number of pyridine rings is 1. The van der Waals surface area contributed by atoms with Gasteiger partial charge in [-0.25, -0.2) is 0 Å². The van der Waals surface area contributed by atoms with E-state index in [0.29, 0.717) is 32.7 Å². The molecular formula is C30H30N2O3S. The van der Waals surface area contributed by atoms with Crippen LogP contribution in [0.3, 0.4) is 0 Å². The van der Waals surface area contributed by atoms with Gasteiger partial charge in [0.1, 0.15) is 6.61 Å². The van der Waals surface area contributed by atoms with E-state index in [1.807, 2.05) is 29.3 Å². The Morgan fingerprint density at radius 1 is 1.08 bits per heavy atom. The number of hydrogen-bond donors (Lipinski definition) is 0. The number of amides is 1. The lowest BCUT2D eigenvalue weighted by atomic mass is 10.0. The Morgan fingerprint density at radius 2 is 1.97 bits per heavy atom. The van der Waals surface area contributed by atoms with Crippen molar-refractivity contribution in [3.8, 4) is 22.6 Å². The molecule has 4 aromatic rings. The summed E-state index contributed by atoms with van der Waals surface area (Å²) in [7, 11) is 0. The molecule has 0 unspecified atom stereocenters. The molecule has 0 bridgehead atoms. The van der Waals surface area contributed by atoms with Crippen LogP contribution in [0.4, 0.5) is 0 Å². The summed E-state index contributed by atoms with van der Waals surface area (Å²) in [5.74, 6) is 1.60. The molecule has 1 amide bonds. The van der Waals surface area contributed by atoms with E-state index in [4.69, 9.17) is 9.47 Å². The molecule has 0 atom stereocenters. The molecule has 0 radical (unpaired) electrons. The lowest BCUT2D eigenvalue weighted by Gasteiger charge is -2.20. The monoisotopic (exact) mass is 498 g/mol. The van der Waals surface area contributed by atoms with Crippen LogP contribution in [0.2, 0.25) is 0 Å². The highest BCUT2D eigenvalue weighted by atomic mass is 32.1. The molecular weight excluding hydrogens is 468 g/mol. The molecule has 1 aliphatic rings. The van der Waals surface area contributed by atoms with Crippen molar-refractivity contribution in [2.45, 2.75) is 32.7 Å². The van der Waals surface area contributed by atoms with Gasteiger partial charge in [0.2, 0.25) is 5.91 Å². The quantitative estimate of drug-likeness (QED) is 0.295. The van der Waals surface area contributed by atoms with Gasteiger partial charge in [-0.2, -0.15) is 0 Å². The van der Waals surface area contributed by atoms with Crippen LogP contribution >= 0.6 is 11.3 Å². The first-order chi connectivity index (χ1) is 17.7. The minimum Gasteiger partial charge on any atom is -0.489 e. The second kappa shape index (κ2) is 11.4. The molecule has 3 heterocycles. The predicted octanol–water partition coefficient (Wildman–Crippen LogP) is 6.09. The van der Waals surface area contributed by atoms with E-state index in [1.165, 1.54) is 16.0 Å². The highest BCUT2D eigenvalue weighted by Crippen LogP contribution is 2.38. The summed E-state index contributed by atoms with van der Waals surface area (Å²) in [5, 5.41) is 2.08. The number of hydrogen-bond acceptors (Lipinski definition) is 5. The van der Waals surface area contributed by atoms with Gasteiger partial charge in [0, 0.05) is 47.8 Å². The number of thiophene rings is 1. The van der Waals surface area contributed by atoms with Crippen LogP contribution in [0, 0.1) is 6.92 Å². The zero-order valence-corrected chi connectivity index (χ0v) is 21.3. The Labute approximate surface area is 216 Å². The van der Waals surface area contributed by atoms with E-state index in [9.17, 15) is 4.79 Å². The lowest BCUT2D eigenvalue weighted by molar-refractivity contribution is -0.131. The highest BCUT2D eigenvalue weighted by Gasteiger charge is 2.24. The summed E-state index contributed by atoms with van der Waals surface area (Å²) in [4.78, 5) is 20.7. The lowest BCUT2D eigenvalue weighted by Crippen LogP contribution is -2.32. The first kappa shape index (κ1) is 24.1. The molecule has 2 aromatic heterocycles. The van der Waals surface area contributed by atoms with Gasteiger partial charge in [-0.15, -0.1) is 11.3 Å². The van der Waals surface area contributed by atoms with Crippen molar-refractivity contribution < 1.29 is 14.3 Å². The Bertz CT molecular complexity index is 1290. The third kappa shape index (κ3) is 5.94. The van der Waals surface area contributed by atoms with Crippen molar-refractivity contribution in [3.05, 3.63) is 100 Å². The molecule has 0 N–H and O–H groups in total. The van der Waals surface area contributed by atoms with Crippen LogP contribution in [0.5, 0.6) is 11.5 Å². The second-order valence-electron chi connectivity index (χ2n) is 9.03. The number of benzene rings is 2. The molecule has 36 heavy (non-hydrogen) atoms. The fourth-order valence-corrected chi connectivity index (χ4v) is 5.07. The largest absolute Gasteiger partial charge is 0.489 e. The molecule has 0 aliphatic carbocycles. The van der Waals surface area contributed by atoms with Crippen LogP contribution in [-0.2, 0) is 24.2 Å². The molecule has 0 fully saturated rings. The zero-order valence-electron chi connectivity index (χ0n) is 20.5. The van der Waals surface area contributed by atoms with Gasteiger partial charge < -0.3 is 14.4 Å². The Kier molecular flexibility index (Phi) is 7.62. The van der Waals surface area contributed by atoms with Crippen molar-refractivity contribution >= 4 is 17.2 Å². The Hall–Kier alpha value is -3.64. The molecule has 5 nitrogen and oxygen atoms in total. The summed E-state index contributed by atoms with van der Waals surface area (Å²) in [5.41, 5.74) is 5.38. The minimum atomic E-state index is 0.138. The van der Waals surface area contributed by atoms with Crippen molar-refractivity contribution in [2.24, 2.45) is 0 Å². The average Bonchev–Trinajstić information content (AvgIpc) is 3.33. The Balaban J connectivity index is 1.36. The molecule has 0 saturated heterocycles. The highest BCUT2D eigenvalue weighted by molar-refractivity contribution is 7.09. The number of rotatable bonds is 8. The summed E-state index contributed by atoms with van der Waals surface area (Å²) in [6, 6.07) is 20.7. The predicted molar refractivity (Wildman–Crippen MR) is 144 cm³/mol. The van der Waals surface area contributed by atoms with Gasteiger partial charge >= 0.3 is 0 Å². The first-order valence-electron chi connectivity index (χ1n) is 12.3. The van der Waals surface area contributed by atoms with Crippen molar-refractivity contribution in [3.63, 3.8) is 0 Å². The molecule has 0 spiro atoms. The SMILES string of the molecule is Cc1ccc(CCC(=O)N2CCOc3c(cc(-c4cccnc4)cc3OCCc3cccs3)C2)cc1. The van der Waals surface area contributed by atoms with E-state index in [0.717, 1.165) is 41.0 Å². The standard InChI is InChI=1S/C30H30N2O3S/c1-22-6-8-23(9-7-22)10-11-29(33)32-14-16-35-30-26(21-32)18-25(24-4-2-13-31-20-24)19-28(30)34-15-12-27-5-3-17-36-27/h2-9,13,17-20H,10-12,14-16,21H2,1H3. The number of aromatic nitrogens is 1. The maximum atomic E-state index is 13.2. The van der Waals surface area contributed by atoms with E-state index >= 15 is 0 Å². The van der Waals surface area contributed by atoms with Crippen LogP contribution in [0.25, 0.3) is 11.1 Å². The smallest absolute Gasteiger partial charge is 0.223 e. The van der Waals surface area contributed by atoms with Gasteiger partial charge in [0.25, 0.3) is 0 Å². The summed E-state index contributed by atoms with van der Waals surface area (Å²) < 4.78 is 12.4. The van der Waals surface area contributed by atoms with Crippen LogP contribution in [0.1, 0.15) is 28.0 Å². The maximum Gasteiger partial charge on any atom is 0.223 e.